The van der Waals surface area contributed by atoms with Gasteiger partial charge in [-0.2, -0.15) is 0 Å². The van der Waals surface area contributed by atoms with Crippen molar-refractivity contribution in [1.82, 2.24) is 0 Å². The molecule has 0 bridgehead atoms. The molecule has 0 saturated heterocycles. The Morgan fingerprint density at radius 3 is 1.23 bits per heavy atom. The monoisotopic (exact) mass is 490 g/mol. The van der Waals surface area contributed by atoms with Crippen LogP contribution in [0.3, 0.4) is 0 Å². The van der Waals surface area contributed by atoms with Crippen molar-refractivity contribution >= 4 is 110 Å². The number of hydrogen-bond acceptors (Lipinski definition) is 0. The molecule has 0 aliphatic rings. The smallest absolute Gasteiger partial charge is 0.102 e. The molecule has 0 aliphatic carbocycles. The van der Waals surface area contributed by atoms with Crippen LogP contribution in [0.15, 0.2) is 103 Å². The van der Waals surface area contributed by atoms with Gasteiger partial charge in [0, 0.05) is 0 Å². The van der Waals surface area contributed by atoms with Crippen LogP contribution in [-0.2, 0) is 0 Å². The summed E-state index contributed by atoms with van der Waals surface area (Å²) in [6, 6.07) is 38.1. The first kappa shape index (κ1) is 24.0. The van der Waals surface area contributed by atoms with Crippen LogP contribution >= 0.6 is 0 Å². The van der Waals surface area contributed by atoms with E-state index in [-0.39, 0.29) is 0 Å². The lowest BCUT2D eigenvalue weighted by molar-refractivity contribution is 1.71. The highest BCUT2D eigenvalue weighted by Gasteiger charge is 2.21. The molecule has 0 unspecified atom stereocenters. The summed E-state index contributed by atoms with van der Waals surface area (Å²) in [5.74, 6) is 0. The molecule has 7 rings (SSSR count). The van der Waals surface area contributed by atoms with Gasteiger partial charge in [-0.3, -0.25) is 0 Å². The molecule has 178 valence electrons. The third-order valence-electron chi connectivity index (χ3n) is 9.22. The summed E-state index contributed by atoms with van der Waals surface area (Å²) in [7, 11) is 11.4. The number of rotatable bonds is 2. The molecule has 5 heteroatoms. The summed E-state index contributed by atoms with van der Waals surface area (Å²) in [5, 5.41) is 10.4. The van der Waals surface area contributed by atoms with Crippen molar-refractivity contribution in [3.63, 3.8) is 0 Å². The van der Waals surface area contributed by atoms with Gasteiger partial charge in [0.1, 0.15) is 39.2 Å². The number of fused-ring (bicyclic) bond motifs is 5. The van der Waals surface area contributed by atoms with Crippen molar-refractivity contribution in [2.75, 3.05) is 0 Å². The van der Waals surface area contributed by atoms with Crippen LogP contribution in [0.2, 0.25) is 0 Å². The second-order valence-electron chi connectivity index (χ2n) is 11.0. The first-order chi connectivity index (χ1) is 19.0. The first-order valence-electron chi connectivity index (χ1n) is 13.9. The average molecular weight is 490 g/mol. The third kappa shape index (κ3) is 3.46. The largest absolute Gasteiger partial charge is 0.139 e. The molecular formula is C34H27B5. The van der Waals surface area contributed by atoms with E-state index in [0.29, 0.717) is 0 Å². The SMILES string of the molecule is Bc1c(B)c(B)c(-c2c3ccccc3c(-c3cc4ccccc4c4ccccc34)c3ccccc23)c(B)c1B. The van der Waals surface area contributed by atoms with Gasteiger partial charge in [-0.1, -0.05) is 108 Å². The zero-order valence-corrected chi connectivity index (χ0v) is 23.3. The summed E-state index contributed by atoms with van der Waals surface area (Å²) >= 11 is 0. The molecule has 0 radical (unpaired) electrons. The molecule has 0 heterocycles. The van der Waals surface area contributed by atoms with Crippen LogP contribution in [0.1, 0.15) is 0 Å². The van der Waals surface area contributed by atoms with E-state index in [2.05, 4.69) is 142 Å². The maximum Gasteiger partial charge on any atom is 0.139 e. The van der Waals surface area contributed by atoms with Crippen molar-refractivity contribution in [2.24, 2.45) is 0 Å². The van der Waals surface area contributed by atoms with Crippen molar-refractivity contribution in [2.45, 2.75) is 0 Å². The fraction of sp³-hybridized carbons (Fsp3) is 0. The van der Waals surface area contributed by atoms with Gasteiger partial charge in [-0.25, -0.2) is 0 Å². The second kappa shape index (κ2) is 8.99. The first-order valence-corrected chi connectivity index (χ1v) is 13.9. The Hall–Kier alpha value is -4.10. The maximum atomic E-state index is 2.40. The molecule has 0 amide bonds. The van der Waals surface area contributed by atoms with Gasteiger partial charge in [0.25, 0.3) is 0 Å². The standard InChI is InChI=1S/C34H27B5/c35-30-29(31(36)33(38)34(39)32(30)37)28-24-15-7-5-13-22(24)27(23-14-6-8-16-25(23)28)26-17-18-9-1-2-10-19(18)20-11-3-4-12-21(20)26/h1-17H,35-39H2. The van der Waals surface area contributed by atoms with Gasteiger partial charge in [-0.15, -0.1) is 16.4 Å². The highest BCUT2D eigenvalue weighted by molar-refractivity contribution is 6.69. The van der Waals surface area contributed by atoms with E-state index >= 15 is 0 Å². The Balaban J connectivity index is 1.72. The quantitative estimate of drug-likeness (QED) is 0.193. The second-order valence-corrected chi connectivity index (χ2v) is 11.0. The van der Waals surface area contributed by atoms with E-state index in [9.17, 15) is 0 Å². The summed E-state index contributed by atoms with van der Waals surface area (Å²) < 4.78 is 0. The Morgan fingerprint density at radius 1 is 0.308 bits per heavy atom. The van der Waals surface area contributed by atoms with E-state index in [0.717, 1.165) is 0 Å². The molecule has 39 heavy (non-hydrogen) atoms. The predicted octanol–water partition coefficient (Wildman–Crippen LogP) is 0.925. The molecule has 0 nitrogen and oxygen atoms in total. The molecule has 0 saturated carbocycles. The van der Waals surface area contributed by atoms with E-state index in [1.165, 1.54) is 92.7 Å². The molecule has 0 fully saturated rings. The van der Waals surface area contributed by atoms with Gasteiger partial charge >= 0.3 is 0 Å². The lowest BCUT2D eigenvalue weighted by Crippen LogP contribution is -2.55. The molecule has 0 aromatic heterocycles. The molecule has 0 spiro atoms. The minimum Gasteiger partial charge on any atom is -0.102 e. The van der Waals surface area contributed by atoms with E-state index in [1.54, 1.807) is 0 Å². The maximum absolute atomic E-state index is 2.40. The Morgan fingerprint density at radius 2 is 0.692 bits per heavy atom. The topological polar surface area (TPSA) is 0 Å². The molecule has 0 aliphatic heterocycles. The lowest BCUT2D eigenvalue weighted by Gasteiger charge is -2.25. The van der Waals surface area contributed by atoms with Crippen LogP contribution in [-0.4, -0.2) is 39.2 Å². The van der Waals surface area contributed by atoms with Gasteiger partial charge < -0.3 is 0 Å². The van der Waals surface area contributed by atoms with Crippen molar-refractivity contribution in [3.05, 3.63) is 103 Å². The molecule has 7 aromatic carbocycles. The zero-order chi connectivity index (χ0) is 26.8. The minimum atomic E-state index is 1.28. The van der Waals surface area contributed by atoms with Crippen LogP contribution < -0.4 is 27.3 Å². The lowest BCUT2D eigenvalue weighted by atomic mass is 9.59. The molecule has 7 aromatic rings. The van der Waals surface area contributed by atoms with Gasteiger partial charge in [0.15, 0.2) is 0 Å². The highest BCUT2D eigenvalue weighted by Crippen LogP contribution is 2.45. The summed E-state index contributed by atoms with van der Waals surface area (Å²) in [6.07, 6.45) is 0. The van der Waals surface area contributed by atoms with Crippen LogP contribution in [0.4, 0.5) is 0 Å². The normalized spacial score (nSPS) is 11.6. The third-order valence-corrected chi connectivity index (χ3v) is 9.22. The fourth-order valence-electron chi connectivity index (χ4n) is 6.82. The number of benzene rings is 7. The van der Waals surface area contributed by atoms with Crippen molar-refractivity contribution in [3.8, 4) is 22.3 Å². The van der Waals surface area contributed by atoms with Gasteiger partial charge in [-0.05, 0) is 71.4 Å². The summed E-state index contributed by atoms with van der Waals surface area (Å²) in [4.78, 5) is 0. The molecule has 0 atom stereocenters. The van der Waals surface area contributed by atoms with Crippen LogP contribution in [0.25, 0.3) is 65.3 Å². The minimum absolute atomic E-state index is 1.28. The molecule has 0 N–H and O–H groups in total. The zero-order valence-electron chi connectivity index (χ0n) is 23.3. The van der Waals surface area contributed by atoms with Crippen LogP contribution in [0.5, 0.6) is 0 Å². The summed E-state index contributed by atoms with van der Waals surface area (Å²) in [5.41, 5.74) is 12.3. The average Bonchev–Trinajstić information content (AvgIpc) is 2.98. The van der Waals surface area contributed by atoms with Crippen LogP contribution in [0, 0.1) is 0 Å². The fourth-order valence-corrected chi connectivity index (χ4v) is 6.82. The van der Waals surface area contributed by atoms with Gasteiger partial charge in [0.2, 0.25) is 0 Å². The van der Waals surface area contributed by atoms with E-state index < -0.39 is 0 Å². The predicted molar refractivity (Wildman–Crippen MR) is 188 cm³/mol. The van der Waals surface area contributed by atoms with E-state index in [4.69, 9.17) is 0 Å². The number of hydrogen-bond donors (Lipinski definition) is 0. The van der Waals surface area contributed by atoms with Crippen molar-refractivity contribution in [1.29, 1.82) is 0 Å². The highest BCUT2D eigenvalue weighted by atomic mass is 14.2. The Labute approximate surface area is 234 Å². The Kier molecular flexibility index (Phi) is 5.53. The van der Waals surface area contributed by atoms with Gasteiger partial charge in [0.05, 0.1) is 0 Å². The van der Waals surface area contributed by atoms with Crippen molar-refractivity contribution < 1.29 is 0 Å². The molecular weight excluding hydrogens is 462 g/mol. The summed E-state index contributed by atoms with van der Waals surface area (Å²) in [6.45, 7) is 0. The van der Waals surface area contributed by atoms with E-state index in [1.807, 2.05) is 0 Å². The Bertz CT molecular complexity index is 2040.